The van der Waals surface area contributed by atoms with Crippen LogP contribution in [0.25, 0.3) is 0 Å². The fourth-order valence-corrected chi connectivity index (χ4v) is 3.73. The Balaban J connectivity index is 2.68. The molecule has 25 heavy (non-hydrogen) atoms. The van der Waals surface area contributed by atoms with Crippen LogP contribution in [0.1, 0.15) is 33.6 Å². The van der Waals surface area contributed by atoms with Crippen LogP contribution in [0.3, 0.4) is 0 Å². The highest BCUT2D eigenvalue weighted by atomic mass is 32.2. The zero-order valence-electron chi connectivity index (χ0n) is 15.0. The van der Waals surface area contributed by atoms with Gasteiger partial charge in [-0.2, -0.15) is 0 Å². The summed E-state index contributed by atoms with van der Waals surface area (Å²) in [5, 5.41) is 0. The maximum Gasteiger partial charge on any atom is 0.240 e. The van der Waals surface area contributed by atoms with Crippen molar-refractivity contribution in [2.24, 2.45) is 5.73 Å². The van der Waals surface area contributed by atoms with Gasteiger partial charge in [0.05, 0.1) is 10.6 Å². The Labute approximate surface area is 150 Å². The average Bonchev–Trinajstić information content (AvgIpc) is 2.60. The fraction of sp³-hybridized carbons (Fsp3) is 0.625. The molecular formula is C16H28N2O5S2. The molecule has 0 heterocycles. The molecule has 0 fully saturated rings. The van der Waals surface area contributed by atoms with Crippen LogP contribution in [0.4, 0.5) is 0 Å². The number of ether oxygens (including phenoxy) is 1. The van der Waals surface area contributed by atoms with Gasteiger partial charge in [0.15, 0.2) is 9.84 Å². The lowest BCUT2D eigenvalue weighted by atomic mass is 9.95. The standard InChI is InChI=1S/C16H28N2O5S2/c1-4-16(17,5-2)13-18-25(21,22)15-9-7-14(8-10-15)23-11-12-24(19,20)6-3/h7-10,18H,4-6,11-13,17H2,1-3H3. The van der Waals surface area contributed by atoms with Crippen molar-refractivity contribution >= 4 is 19.9 Å². The largest absolute Gasteiger partial charge is 0.493 e. The highest BCUT2D eigenvalue weighted by molar-refractivity contribution is 7.91. The van der Waals surface area contributed by atoms with E-state index in [1.807, 2.05) is 13.8 Å². The Morgan fingerprint density at radius 2 is 1.60 bits per heavy atom. The molecule has 0 radical (unpaired) electrons. The van der Waals surface area contributed by atoms with Crippen LogP contribution in [0.2, 0.25) is 0 Å². The molecule has 0 saturated heterocycles. The molecule has 0 aromatic heterocycles. The van der Waals surface area contributed by atoms with Crippen LogP contribution in [-0.4, -0.2) is 47.0 Å². The van der Waals surface area contributed by atoms with E-state index >= 15 is 0 Å². The zero-order valence-corrected chi connectivity index (χ0v) is 16.6. The van der Waals surface area contributed by atoms with E-state index in [0.29, 0.717) is 18.6 Å². The number of hydrogen-bond acceptors (Lipinski definition) is 6. The molecule has 0 saturated carbocycles. The maximum absolute atomic E-state index is 12.3. The van der Waals surface area contributed by atoms with Crippen LogP contribution in [0.5, 0.6) is 5.75 Å². The van der Waals surface area contributed by atoms with Gasteiger partial charge in [0.1, 0.15) is 12.4 Å². The van der Waals surface area contributed by atoms with Crippen LogP contribution in [-0.2, 0) is 19.9 Å². The molecule has 1 aromatic rings. The van der Waals surface area contributed by atoms with E-state index in [1.54, 1.807) is 6.92 Å². The first-order chi connectivity index (χ1) is 11.6. The number of benzene rings is 1. The molecule has 0 amide bonds. The SMILES string of the molecule is CCC(N)(CC)CNS(=O)(=O)c1ccc(OCCS(=O)(=O)CC)cc1. The monoisotopic (exact) mass is 392 g/mol. The van der Waals surface area contributed by atoms with Crippen molar-refractivity contribution in [2.45, 2.75) is 44.0 Å². The number of rotatable bonds is 11. The predicted molar refractivity (Wildman–Crippen MR) is 99.0 cm³/mol. The van der Waals surface area contributed by atoms with E-state index in [9.17, 15) is 16.8 Å². The van der Waals surface area contributed by atoms with Crippen molar-refractivity contribution in [1.29, 1.82) is 0 Å². The summed E-state index contributed by atoms with van der Waals surface area (Å²) in [6.07, 6.45) is 1.33. The lowest BCUT2D eigenvalue weighted by Gasteiger charge is -2.26. The van der Waals surface area contributed by atoms with Gasteiger partial charge in [-0.15, -0.1) is 0 Å². The summed E-state index contributed by atoms with van der Waals surface area (Å²) >= 11 is 0. The van der Waals surface area contributed by atoms with E-state index < -0.39 is 25.4 Å². The minimum absolute atomic E-state index is 0.0310. The average molecular weight is 393 g/mol. The Morgan fingerprint density at radius 3 is 2.08 bits per heavy atom. The molecule has 0 spiro atoms. The summed E-state index contributed by atoms with van der Waals surface area (Å²) in [5.41, 5.74) is 5.54. The van der Waals surface area contributed by atoms with E-state index in [2.05, 4.69) is 4.72 Å². The van der Waals surface area contributed by atoms with Crippen molar-refractivity contribution in [3.05, 3.63) is 24.3 Å². The van der Waals surface area contributed by atoms with Gasteiger partial charge in [0, 0.05) is 17.8 Å². The maximum atomic E-state index is 12.3. The van der Waals surface area contributed by atoms with Gasteiger partial charge in [-0.05, 0) is 37.1 Å². The van der Waals surface area contributed by atoms with E-state index in [0.717, 1.165) is 0 Å². The quantitative estimate of drug-likeness (QED) is 0.586. The molecule has 0 aliphatic carbocycles. The van der Waals surface area contributed by atoms with E-state index in [4.69, 9.17) is 10.5 Å². The molecule has 0 aliphatic rings. The first-order valence-electron chi connectivity index (χ1n) is 8.29. The van der Waals surface area contributed by atoms with Gasteiger partial charge in [-0.25, -0.2) is 21.6 Å². The lowest BCUT2D eigenvalue weighted by Crippen LogP contribution is -2.49. The van der Waals surface area contributed by atoms with E-state index in [1.165, 1.54) is 24.3 Å². The number of nitrogens with two attached hydrogens (primary N) is 1. The summed E-state index contributed by atoms with van der Waals surface area (Å²) in [6, 6.07) is 5.84. The molecule has 0 atom stereocenters. The molecular weight excluding hydrogens is 364 g/mol. The van der Waals surface area contributed by atoms with Crippen LogP contribution in [0.15, 0.2) is 29.2 Å². The van der Waals surface area contributed by atoms with Gasteiger partial charge in [-0.3, -0.25) is 0 Å². The first kappa shape index (κ1) is 21.9. The number of sulfonamides is 1. The molecule has 3 N–H and O–H groups in total. The van der Waals surface area contributed by atoms with Gasteiger partial charge in [0.2, 0.25) is 10.0 Å². The Kier molecular flexibility index (Phi) is 7.86. The predicted octanol–water partition coefficient (Wildman–Crippen LogP) is 1.30. The third-order valence-electron chi connectivity index (χ3n) is 4.26. The molecule has 9 heteroatoms. The molecule has 144 valence electrons. The summed E-state index contributed by atoms with van der Waals surface area (Å²) < 4.78 is 55.3. The third kappa shape index (κ3) is 6.93. The molecule has 0 bridgehead atoms. The molecule has 1 rings (SSSR count). The Hall–Kier alpha value is -1.16. The summed E-state index contributed by atoms with van der Waals surface area (Å²) in [5.74, 6) is 0.412. The lowest BCUT2D eigenvalue weighted by molar-refractivity contribution is 0.340. The molecule has 0 unspecified atom stereocenters. The molecule has 7 nitrogen and oxygen atoms in total. The van der Waals surface area contributed by atoms with Crippen molar-refractivity contribution in [1.82, 2.24) is 4.72 Å². The molecule has 0 aliphatic heterocycles. The molecule has 1 aromatic carbocycles. The smallest absolute Gasteiger partial charge is 0.240 e. The highest BCUT2D eigenvalue weighted by Crippen LogP contribution is 2.17. The number of nitrogens with one attached hydrogen (secondary N) is 1. The van der Waals surface area contributed by atoms with Crippen molar-refractivity contribution in [3.8, 4) is 5.75 Å². The van der Waals surface area contributed by atoms with Crippen molar-refractivity contribution in [2.75, 3.05) is 24.7 Å². The second-order valence-corrected chi connectivity index (χ2v) is 10.2. The Morgan fingerprint density at radius 1 is 1.04 bits per heavy atom. The second-order valence-electron chi connectivity index (χ2n) is 5.95. The number of sulfone groups is 1. The van der Waals surface area contributed by atoms with Crippen molar-refractivity contribution < 1.29 is 21.6 Å². The van der Waals surface area contributed by atoms with Gasteiger partial charge in [0.25, 0.3) is 0 Å². The summed E-state index contributed by atoms with van der Waals surface area (Å²) in [7, 11) is -6.75. The summed E-state index contributed by atoms with van der Waals surface area (Å²) in [6.45, 7) is 5.61. The fourth-order valence-electron chi connectivity index (χ4n) is 1.97. The topological polar surface area (TPSA) is 116 Å². The Bertz CT molecular complexity index is 739. The van der Waals surface area contributed by atoms with Gasteiger partial charge >= 0.3 is 0 Å². The van der Waals surface area contributed by atoms with E-state index in [-0.39, 0.29) is 29.6 Å². The van der Waals surface area contributed by atoms with Crippen LogP contribution >= 0.6 is 0 Å². The van der Waals surface area contributed by atoms with Crippen molar-refractivity contribution in [3.63, 3.8) is 0 Å². The minimum Gasteiger partial charge on any atom is -0.493 e. The van der Waals surface area contributed by atoms with Gasteiger partial charge in [-0.1, -0.05) is 20.8 Å². The third-order valence-corrected chi connectivity index (χ3v) is 7.34. The second kappa shape index (κ2) is 8.98. The first-order valence-corrected chi connectivity index (χ1v) is 11.6. The summed E-state index contributed by atoms with van der Waals surface area (Å²) in [4.78, 5) is 0.107. The van der Waals surface area contributed by atoms with Crippen LogP contribution in [0, 0.1) is 0 Å². The normalized spacial score (nSPS) is 13.0. The number of hydrogen-bond donors (Lipinski definition) is 2. The highest BCUT2D eigenvalue weighted by Gasteiger charge is 2.24. The zero-order chi connectivity index (χ0) is 19.1. The minimum atomic E-state index is -3.66. The van der Waals surface area contributed by atoms with Gasteiger partial charge < -0.3 is 10.5 Å². The van der Waals surface area contributed by atoms with Crippen LogP contribution < -0.4 is 15.2 Å².